The molecule has 2 rings (SSSR count). The Morgan fingerprint density at radius 3 is 2.84 bits per heavy atom. The fraction of sp³-hybridized carbons (Fsp3) is 0.667. The maximum Gasteiger partial charge on any atom is 0.00986 e. The van der Waals surface area contributed by atoms with Crippen LogP contribution in [-0.4, -0.2) is 12.6 Å². The second-order valence-electron chi connectivity index (χ2n) is 6.43. The third-order valence-electron chi connectivity index (χ3n) is 4.48. The summed E-state index contributed by atoms with van der Waals surface area (Å²) in [7, 11) is 0. The van der Waals surface area contributed by atoms with Gasteiger partial charge in [-0.05, 0) is 63.0 Å². The largest absolute Gasteiger partial charge is 0.314 e. The summed E-state index contributed by atoms with van der Waals surface area (Å²) in [6, 6.07) is 9.78. The number of aryl methyl sites for hydroxylation is 1. The van der Waals surface area contributed by atoms with Crippen LogP contribution in [0.15, 0.2) is 24.3 Å². The predicted octanol–water partition coefficient (Wildman–Crippen LogP) is 4.34. The molecule has 0 amide bonds. The SMILES string of the molecule is CCCNC1CCC(C)CC1Cc1cccc(C)c1. The van der Waals surface area contributed by atoms with Crippen molar-refractivity contribution in [2.45, 2.75) is 58.9 Å². The number of benzene rings is 1. The van der Waals surface area contributed by atoms with Crippen LogP contribution < -0.4 is 5.32 Å². The van der Waals surface area contributed by atoms with E-state index >= 15 is 0 Å². The zero-order chi connectivity index (χ0) is 13.7. The van der Waals surface area contributed by atoms with Crippen molar-refractivity contribution in [2.24, 2.45) is 11.8 Å². The lowest BCUT2D eigenvalue weighted by molar-refractivity contribution is 0.212. The zero-order valence-electron chi connectivity index (χ0n) is 12.8. The van der Waals surface area contributed by atoms with Crippen molar-refractivity contribution in [3.05, 3.63) is 35.4 Å². The van der Waals surface area contributed by atoms with Crippen LogP contribution in [0.3, 0.4) is 0 Å². The van der Waals surface area contributed by atoms with Gasteiger partial charge in [-0.15, -0.1) is 0 Å². The molecule has 0 bridgehead atoms. The van der Waals surface area contributed by atoms with E-state index in [4.69, 9.17) is 0 Å². The van der Waals surface area contributed by atoms with Crippen LogP contribution in [-0.2, 0) is 6.42 Å². The van der Waals surface area contributed by atoms with Gasteiger partial charge in [-0.3, -0.25) is 0 Å². The minimum absolute atomic E-state index is 0.733. The Bertz CT molecular complexity index is 383. The Morgan fingerprint density at radius 2 is 2.11 bits per heavy atom. The quantitative estimate of drug-likeness (QED) is 0.829. The van der Waals surface area contributed by atoms with Crippen LogP contribution in [0, 0.1) is 18.8 Å². The van der Waals surface area contributed by atoms with Gasteiger partial charge in [0.15, 0.2) is 0 Å². The first-order valence-corrected chi connectivity index (χ1v) is 7.98. The van der Waals surface area contributed by atoms with E-state index in [1.54, 1.807) is 0 Å². The Morgan fingerprint density at radius 1 is 1.26 bits per heavy atom. The van der Waals surface area contributed by atoms with Crippen LogP contribution in [0.4, 0.5) is 0 Å². The molecule has 0 radical (unpaired) electrons. The average molecular weight is 259 g/mol. The highest BCUT2D eigenvalue weighted by Crippen LogP contribution is 2.31. The predicted molar refractivity (Wildman–Crippen MR) is 83.5 cm³/mol. The lowest BCUT2D eigenvalue weighted by atomic mass is 9.76. The van der Waals surface area contributed by atoms with Crippen molar-refractivity contribution < 1.29 is 0 Å². The average Bonchev–Trinajstić information content (AvgIpc) is 2.38. The molecule has 1 aromatic carbocycles. The first-order valence-electron chi connectivity index (χ1n) is 7.98. The van der Waals surface area contributed by atoms with Crippen LogP contribution in [0.25, 0.3) is 0 Å². The molecular formula is C18H29N. The summed E-state index contributed by atoms with van der Waals surface area (Å²) < 4.78 is 0. The highest BCUT2D eigenvalue weighted by Gasteiger charge is 2.28. The fourth-order valence-corrected chi connectivity index (χ4v) is 3.46. The summed E-state index contributed by atoms with van der Waals surface area (Å²) in [6.45, 7) is 8.04. The van der Waals surface area contributed by atoms with Crippen molar-refractivity contribution in [3.63, 3.8) is 0 Å². The molecule has 0 heterocycles. The minimum Gasteiger partial charge on any atom is -0.314 e. The highest BCUT2D eigenvalue weighted by molar-refractivity contribution is 5.23. The van der Waals surface area contributed by atoms with Gasteiger partial charge in [0.05, 0.1) is 0 Å². The van der Waals surface area contributed by atoms with E-state index in [1.807, 2.05) is 0 Å². The summed E-state index contributed by atoms with van der Waals surface area (Å²) >= 11 is 0. The van der Waals surface area contributed by atoms with Gasteiger partial charge in [0.2, 0.25) is 0 Å². The van der Waals surface area contributed by atoms with E-state index in [9.17, 15) is 0 Å². The van der Waals surface area contributed by atoms with Gasteiger partial charge in [-0.1, -0.05) is 43.7 Å². The van der Waals surface area contributed by atoms with E-state index < -0.39 is 0 Å². The fourth-order valence-electron chi connectivity index (χ4n) is 3.46. The molecule has 1 N–H and O–H groups in total. The van der Waals surface area contributed by atoms with Crippen LogP contribution >= 0.6 is 0 Å². The van der Waals surface area contributed by atoms with Crippen molar-refractivity contribution in [3.8, 4) is 0 Å². The molecule has 1 nitrogen and oxygen atoms in total. The lowest BCUT2D eigenvalue weighted by Gasteiger charge is -2.36. The maximum atomic E-state index is 3.78. The number of hydrogen-bond acceptors (Lipinski definition) is 1. The van der Waals surface area contributed by atoms with Gasteiger partial charge >= 0.3 is 0 Å². The summed E-state index contributed by atoms with van der Waals surface area (Å²) in [5, 5.41) is 3.78. The van der Waals surface area contributed by atoms with Crippen molar-refractivity contribution in [2.75, 3.05) is 6.54 Å². The van der Waals surface area contributed by atoms with E-state index in [-0.39, 0.29) is 0 Å². The van der Waals surface area contributed by atoms with Crippen molar-refractivity contribution >= 4 is 0 Å². The van der Waals surface area contributed by atoms with Crippen LogP contribution in [0.2, 0.25) is 0 Å². The monoisotopic (exact) mass is 259 g/mol. The van der Waals surface area contributed by atoms with Gasteiger partial charge in [-0.25, -0.2) is 0 Å². The Balaban J connectivity index is 2.00. The molecule has 3 unspecified atom stereocenters. The first kappa shape index (κ1) is 14.6. The second kappa shape index (κ2) is 7.09. The Hall–Kier alpha value is -0.820. The van der Waals surface area contributed by atoms with E-state index in [1.165, 1.54) is 49.8 Å². The molecule has 1 saturated carbocycles. The molecule has 1 aliphatic carbocycles. The Labute approximate surface area is 118 Å². The number of rotatable bonds is 5. The highest BCUT2D eigenvalue weighted by atomic mass is 14.9. The summed E-state index contributed by atoms with van der Waals surface area (Å²) in [6.07, 6.45) is 6.62. The van der Waals surface area contributed by atoms with Gasteiger partial charge in [0, 0.05) is 6.04 Å². The summed E-state index contributed by atoms with van der Waals surface area (Å²) in [5.74, 6) is 1.71. The van der Waals surface area contributed by atoms with Gasteiger partial charge in [0.25, 0.3) is 0 Å². The van der Waals surface area contributed by atoms with E-state index in [0.717, 1.165) is 17.9 Å². The molecule has 1 fully saturated rings. The molecule has 0 aromatic heterocycles. The normalized spacial score (nSPS) is 27.4. The summed E-state index contributed by atoms with van der Waals surface area (Å²) in [5.41, 5.74) is 2.90. The van der Waals surface area contributed by atoms with Gasteiger partial charge < -0.3 is 5.32 Å². The number of hydrogen-bond donors (Lipinski definition) is 1. The Kier molecular flexibility index (Phi) is 5.45. The molecule has 106 valence electrons. The van der Waals surface area contributed by atoms with E-state index in [0.29, 0.717) is 0 Å². The molecule has 1 aromatic rings. The smallest absolute Gasteiger partial charge is 0.00986 e. The molecule has 19 heavy (non-hydrogen) atoms. The first-order chi connectivity index (χ1) is 9.19. The van der Waals surface area contributed by atoms with Crippen LogP contribution in [0.1, 0.15) is 50.7 Å². The molecule has 1 aliphatic rings. The molecule has 0 aliphatic heterocycles. The topological polar surface area (TPSA) is 12.0 Å². The van der Waals surface area contributed by atoms with Crippen molar-refractivity contribution in [1.29, 1.82) is 0 Å². The van der Waals surface area contributed by atoms with Crippen LogP contribution in [0.5, 0.6) is 0 Å². The van der Waals surface area contributed by atoms with Gasteiger partial charge in [-0.2, -0.15) is 0 Å². The van der Waals surface area contributed by atoms with E-state index in [2.05, 4.69) is 50.4 Å². The third kappa shape index (κ3) is 4.35. The third-order valence-corrected chi connectivity index (χ3v) is 4.48. The molecule has 0 saturated heterocycles. The molecule has 0 spiro atoms. The maximum absolute atomic E-state index is 3.78. The summed E-state index contributed by atoms with van der Waals surface area (Å²) in [4.78, 5) is 0. The molecular weight excluding hydrogens is 230 g/mol. The van der Waals surface area contributed by atoms with Crippen molar-refractivity contribution in [1.82, 2.24) is 5.32 Å². The molecule has 3 atom stereocenters. The second-order valence-corrected chi connectivity index (χ2v) is 6.43. The standard InChI is InChI=1S/C18H29N/c1-4-10-19-18-9-8-15(3)12-17(18)13-16-7-5-6-14(2)11-16/h5-7,11,15,17-19H,4,8-10,12-13H2,1-3H3. The molecule has 1 heteroatoms. The minimum atomic E-state index is 0.733. The number of nitrogens with one attached hydrogen (secondary N) is 1. The lowest BCUT2D eigenvalue weighted by Crippen LogP contribution is -2.41. The van der Waals surface area contributed by atoms with Gasteiger partial charge in [0.1, 0.15) is 0 Å². The zero-order valence-corrected chi connectivity index (χ0v) is 12.8.